The van der Waals surface area contributed by atoms with E-state index in [9.17, 15) is 18.0 Å². The number of hydrogen-bond acceptors (Lipinski definition) is 2. The molecular formula is C18H16ClF3O2. The Morgan fingerprint density at radius 2 is 1.75 bits per heavy atom. The molecule has 1 aliphatic rings. The van der Waals surface area contributed by atoms with Crippen LogP contribution in [0.25, 0.3) is 10.8 Å². The fraction of sp³-hybridized carbons (Fsp3) is 0.389. The average molecular weight is 357 g/mol. The summed E-state index contributed by atoms with van der Waals surface area (Å²) in [4.78, 5) is 10.9. The molecule has 24 heavy (non-hydrogen) atoms. The van der Waals surface area contributed by atoms with Gasteiger partial charge in [0.1, 0.15) is 12.0 Å². The van der Waals surface area contributed by atoms with Crippen LogP contribution in [-0.2, 0) is 0 Å². The van der Waals surface area contributed by atoms with Gasteiger partial charge in [-0.1, -0.05) is 29.8 Å². The zero-order valence-corrected chi connectivity index (χ0v) is 13.5. The summed E-state index contributed by atoms with van der Waals surface area (Å²) in [5.41, 5.74) is 0.507. The summed E-state index contributed by atoms with van der Waals surface area (Å²) in [7, 11) is 0. The second-order valence-electron chi connectivity index (χ2n) is 6.11. The Morgan fingerprint density at radius 1 is 1.08 bits per heavy atom. The van der Waals surface area contributed by atoms with Gasteiger partial charge in [-0.25, -0.2) is 0 Å². The number of carbonyl (C=O) groups is 1. The largest absolute Gasteiger partial charge is 0.489 e. The number of alkyl halides is 3. The van der Waals surface area contributed by atoms with E-state index >= 15 is 0 Å². The van der Waals surface area contributed by atoms with Crippen molar-refractivity contribution in [3.05, 3.63) is 40.9 Å². The number of carbonyl (C=O) groups excluding carboxylic acids is 1. The number of ether oxygens (including phenoxy) is 1. The van der Waals surface area contributed by atoms with Gasteiger partial charge < -0.3 is 4.74 Å². The third-order valence-electron chi connectivity index (χ3n) is 4.51. The minimum Gasteiger partial charge on any atom is -0.489 e. The van der Waals surface area contributed by atoms with Crippen LogP contribution in [0, 0.1) is 5.92 Å². The van der Waals surface area contributed by atoms with Gasteiger partial charge in [-0.2, -0.15) is 13.2 Å². The quantitative estimate of drug-likeness (QED) is 0.649. The van der Waals surface area contributed by atoms with Crippen molar-refractivity contribution in [3.8, 4) is 5.75 Å². The van der Waals surface area contributed by atoms with Crippen LogP contribution in [0.1, 0.15) is 36.0 Å². The lowest BCUT2D eigenvalue weighted by Gasteiger charge is -2.30. The number of rotatable bonds is 3. The van der Waals surface area contributed by atoms with Crippen molar-refractivity contribution in [2.45, 2.75) is 38.0 Å². The molecule has 1 aliphatic carbocycles. The second-order valence-corrected chi connectivity index (χ2v) is 6.49. The van der Waals surface area contributed by atoms with E-state index < -0.39 is 12.1 Å². The summed E-state index contributed by atoms with van der Waals surface area (Å²) in [6, 6.07) is 8.72. The Kier molecular flexibility index (Phi) is 4.72. The molecule has 0 amide bonds. The average Bonchev–Trinajstić information content (AvgIpc) is 2.57. The minimum atomic E-state index is -4.13. The maximum atomic E-state index is 12.7. The lowest BCUT2D eigenvalue weighted by atomic mass is 9.87. The van der Waals surface area contributed by atoms with Crippen molar-refractivity contribution >= 4 is 28.7 Å². The molecule has 6 heteroatoms. The van der Waals surface area contributed by atoms with Crippen molar-refractivity contribution < 1.29 is 22.7 Å². The van der Waals surface area contributed by atoms with E-state index in [4.69, 9.17) is 16.3 Å². The molecule has 1 saturated carbocycles. The summed E-state index contributed by atoms with van der Waals surface area (Å²) >= 11 is 6.37. The van der Waals surface area contributed by atoms with E-state index in [1.54, 1.807) is 24.3 Å². The zero-order valence-electron chi connectivity index (χ0n) is 12.8. The van der Waals surface area contributed by atoms with E-state index in [0.717, 1.165) is 11.7 Å². The van der Waals surface area contributed by atoms with Gasteiger partial charge in [0.25, 0.3) is 0 Å². The van der Waals surface area contributed by atoms with Crippen LogP contribution in [0.5, 0.6) is 5.75 Å². The molecule has 0 aliphatic heterocycles. The SMILES string of the molecule is O=Cc1ccc2ccc(OC3CCC(C(F)(F)F)CC3)c(Cl)c2c1. The van der Waals surface area contributed by atoms with Crippen LogP contribution >= 0.6 is 11.6 Å². The highest BCUT2D eigenvalue weighted by Crippen LogP contribution is 2.40. The van der Waals surface area contributed by atoms with Crippen LogP contribution in [0.4, 0.5) is 13.2 Å². The number of fused-ring (bicyclic) bond motifs is 1. The molecule has 0 radical (unpaired) electrons. The summed E-state index contributed by atoms with van der Waals surface area (Å²) in [6.07, 6.45) is -2.80. The van der Waals surface area contributed by atoms with Gasteiger partial charge in [-0.3, -0.25) is 4.79 Å². The maximum Gasteiger partial charge on any atom is 0.391 e. The molecule has 0 bridgehead atoms. The lowest BCUT2D eigenvalue weighted by Crippen LogP contribution is -2.31. The van der Waals surface area contributed by atoms with Gasteiger partial charge in [0.2, 0.25) is 0 Å². The topological polar surface area (TPSA) is 26.3 Å². The van der Waals surface area contributed by atoms with Gasteiger partial charge >= 0.3 is 6.18 Å². The Bertz CT molecular complexity index is 750. The van der Waals surface area contributed by atoms with Crippen molar-refractivity contribution in [2.24, 2.45) is 5.92 Å². The monoisotopic (exact) mass is 356 g/mol. The van der Waals surface area contributed by atoms with E-state index in [-0.39, 0.29) is 18.9 Å². The van der Waals surface area contributed by atoms with E-state index in [0.29, 0.717) is 34.6 Å². The molecule has 0 heterocycles. The van der Waals surface area contributed by atoms with E-state index in [2.05, 4.69) is 0 Å². The van der Waals surface area contributed by atoms with Crippen LogP contribution in [-0.4, -0.2) is 18.6 Å². The molecule has 1 fully saturated rings. The first-order chi connectivity index (χ1) is 11.4. The molecule has 2 aromatic rings. The predicted octanol–water partition coefficient (Wildman–Crippen LogP) is 5.81. The van der Waals surface area contributed by atoms with Crippen molar-refractivity contribution in [3.63, 3.8) is 0 Å². The number of benzene rings is 2. The molecule has 0 aromatic heterocycles. The molecule has 128 valence electrons. The molecule has 0 saturated heterocycles. The van der Waals surface area contributed by atoms with Crippen LogP contribution in [0.15, 0.2) is 30.3 Å². The van der Waals surface area contributed by atoms with Crippen LogP contribution in [0.2, 0.25) is 5.02 Å². The molecule has 2 aromatic carbocycles. The summed E-state index contributed by atoms with van der Waals surface area (Å²) in [6.45, 7) is 0. The van der Waals surface area contributed by atoms with Gasteiger partial charge in [-0.05, 0) is 43.2 Å². The standard InChI is InChI=1S/C18H16ClF3O2/c19-17-15-9-11(10-23)1-2-12(15)3-8-16(17)24-14-6-4-13(5-7-14)18(20,21)22/h1-3,8-10,13-14H,4-7H2. The molecular weight excluding hydrogens is 341 g/mol. The van der Waals surface area contributed by atoms with Crippen LogP contribution in [0.3, 0.4) is 0 Å². The van der Waals surface area contributed by atoms with Gasteiger partial charge in [-0.15, -0.1) is 0 Å². The molecule has 0 N–H and O–H groups in total. The minimum absolute atomic E-state index is 0.0780. The van der Waals surface area contributed by atoms with Gasteiger partial charge in [0.15, 0.2) is 0 Å². The Hall–Kier alpha value is -1.75. The molecule has 2 nitrogen and oxygen atoms in total. The normalized spacial score (nSPS) is 21.7. The highest BCUT2D eigenvalue weighted by atomic mass is 35.5. The van der Waals surface area contributed by atoms with Crippen molar-refractivity contribution in [1.82, 2.24) is 0 Å². The second kappa shape index (κ2) is 6.63. The first-order valence-corrected chi connectivity index (χ1v) is 8.17. The number of aldehydes is 1. The van der Waals surface area contributed by atoms with Crippen LogP contribution < -0.4 is 4.74 Å². The van der Waals surface area contributed by atoms with Crippen molar-refractivity contribution in [2.75, 3.05) is 0 Å². The lowest BCUT2D eigenvalue weighted by molar-refractivity contribution is -0.185. The third kappa shape index (κ3) is 3.51. The molecule has 0 atom stereocenters. The zero-order chi connectivity index (χ0) is 17.3. The maximum absolute atomic E-state index is 12.7. The van der Waals surface area contributed by atoms with Gasteiger partial charge in [0.05, 0.1) is 17.0 Å². The molecule has 0 unspecified atom stereocenters. The number of halogens is 4. The Balaban J connectivity index is 1.76. The predicted molar refractivity (Wildman–Crippen MR) is 86.8 cm³/mol. The highest BCUT2D eigenvalue weighted by Gasteiger charge is 2.41. The Labute approximate surface area is 142 Å². The smallest absolute Gasteiger partial charge is 0.391 e. The Morgan fingerprint density at radius 3 is 2.38 bits per heavy atom. The summed E-state index contributed by atoms with van der Waals surface area (Å²) in [5.74, 6) is -0.790. The molecule has 3 rings (SSSR count). The van der Waals surface area contributed by atoms with E-state index in [1.165, 1.54) is 0 Å². The van der Waals surface area contributed by atoms with Gasteiger partial charge in [0, 0.05) is 10.9 Å². The summed E-state index contributed by atoms with van der Waals surface area (Å²) < 4.78 is 44.0. The fourth-order valence-corrected chi connectivity index (χ4v) is 3.40. The third-order valence-corrected chi connectivity index (χ3v) is 4.90. The highest BCUT2D eigenvalue weighted by molar-refractivity contribution is 6.37. The first kappa shape index (κ1) is 17.1. The number of hydrogen-bond donors (Lipinski definition) is 0. The van der Waals surface area contributed by atoms with Crippen molar-refractivity contribution in [1.29, 1.82) is 0 Å². The molecule has 0 spiro atoms. The summed E-state index contributed by atoms with van der Waals surface area (Å²) in [5, 5.41) is 1.95. The van der Waals surface area contributed by atoms with E-state index in [1.807, 2.05) is 6.07 Å². The first-order valence-electron chi connectivity index (χ1n) is 7.79. The fourth-order valence-electron chi connectivity index (χ4n) is 3.13.